The number of hydrogen-bond donors (Lipinski definition) is 1. The van der Waals surface area contributed by atoms with Gasteiger partial charge in [0.15, 0.2) is 5.75 Å². The molecule has 1 aromatic carbocycles. The SMILES string of the molecule is COc1cc(N2CCC[C@](C)(C(=O)O)C2)ccc1[N+](=O)[O-]. The Labute approximate surface area is 122 Å². The van der Waals surface area contributed by atoms with E-state index in [-0.39, 0.29) is 11.4 Å². The summed E-state index contributed by atoms with van der Waals surface area (Å²) >= 11 is 0. The minimum absolute atomic E-state index is 0.0979. The molecule has 7 heteroatoms. The van der Waals surface area contributed by atoms with Crippen molar-refractivity contribution in [3.63, 3.8) is 0 Å². The van der Waals surface area contributed by atoms with Crippen LogP contribution < -0.4 is 9.64 Å². The third-order valence-corrected chi connectivity index (χ3v) is 3.94. The fraction of sp³-hybridized carbons (Fsp3) is 0.500. The van der Waals surface area contributed by atoms with Crippen molar-refractivity contribution in [1.82, 2.24) is 0 Å². The molecule has 0 radical (unpaired) electrons. The van der Waals surface area contributed by atoms with Crippen LogP contribution >= 0.6 is 0 Å². The number of methoxy groups -OCH3 is 1. The van der Waals surface area contributed by atoms with E-state index in [2.05, 4.69) is 0 Å². The van der Waals surface area contributed by atoms with E-state index in [9.17, 15) is 20.0 Å². The highest BCUT2D eigenvalue weighted by Gasteiger charge is 2.38. The molecule has 114 valence electrons. The number of aliphatic carboxylic acids is 1. The van der Waals surface area contributed by atoms with E-state index in [1.807, 2.05) is 4.90 Å². The van der Waals surface area contributed by atoms with Gasteiger partial charge in [0, 0.05) is 30.9 Å². The van der Waals surface area contributed by atoms with E-state index < -0.39 is 16.3 Å². The minimum atomic E-state index is -0.818. The van der Waals surface area contributed by atoms with Gasteiger partial charge in [-0.1, -0.05) is 0 Å². The number of carboxylic acids is 1. The van der Waals surface area contributed by atoms with Crippen LogP contribution in [0.25, 0.3) is 0 Å². The number of hydrogen-bond acceptors (Lipinski definition) is 5. The average Bonchev–Trinajstić information content (AvgIpc) is 2.46. The Morgan fingerprint density at radius 2 is 2.24 bits per heavy atom. The number of rotatable bonds is 4. The van der Waals surface area contributed by atoms with Crippen LogP contribution in [0.5, 0.6) is 5.75 Å². The standard InChI is InChI=1S/C14H18N2O5/c1-14(13(17)18)6-3-7-15(9-14)10-4-5-11(16(19)20)12(8-10)21-2/h4-5,8H,3,6-7,9H2,1-2H3,(H,17,18)/t14-/m0/s1. The maximum atomic E-state index is 11.4. The van der Waals surface area contributed by atoms with Crippen LogP contribution in [0.15, 0.2) is 18.2 Å². The molecule has 0 spiro atoms. The fourth-order valence-corrected chi connectivity index (χ4v) is 2.65. The second kappa shape index (κ2) is 5.59. The van der Waals surface area contributed by atoms with Crippen molar-refractivity contribution in [3.8, 4) is 5.75 Å². The van der Waals surface area contributed by atoms with Gasteiger partial charge in [-0.3, -0.25) is 14.9 Å². The van der Waals surface area contributed by atoms with Crippen molar-refractivity contribution in [2.45, 2.75) is 19.8 Å². The molecule has 7 nitrogen and oxygen atoms in total. The number of piperidine rings is 1. The lowest BCUT2D eigenvalue weighted by Crippen LogP contribution is -2.46. The molecule has 0 unspecified atom stereocenters. The van der Waals surface area contributed by atoms with Gasteiger partial charge in [0.2, 0.25) is 0 Å². The highest BCUT2D eigenvalue weighted by atomic mass is 16.6. The predicted molar refractivity (Wildman–Crippen MR) is 76.8 cm³/mol. The van der Waals surface area contributed by atoms with Gasteiger partial charge in [-0.25, -0.2) is 0 Å². The van der Waals surface area contributed by atoms with Gasteiger partial charge >= 0.3 is 11.7 Å². The maximum Gasteiger partial charge on any atom is 0.311 e. The van der Waals surface area contributed by atoms with E-state index in [1.165, 1.54) is 13.2 Å². The first-order valence-electron chi connectivity index (χ1n) is 6.68. The predicted octanol–water partition coefficient (Wildman–Crippen LogP) is 2.29. The monoisotopic (exact) mass is 294 g/mol. The molecule has 21 heavy (non-hydrogen) atoms. The molecule has 0 aromatic heterocycles. The highest BCUT2D eigenvalue weighted by Crippen LogP contribution is 2.36. The summed E-state index contributed by atoms with van der Waals surface area (Å²) in [6.07, 6.45) is 1.39. The molecule has 1 aromatic rings. The van der Waals surface area contributed by atoms with Crippen molar-refractivity contribution in [2.24, 2.45) is 5.41 Å². The van der Waals surface area contributed by atoms with Crippen molar-refractivity contribution in [2.75, 3.05) is 25.1 Å². The Morgan fingerprint density at radius 1 is 1.52 bits per heavy atom. The number of anilines is 1. The molecule has 0 amide bonds. The minimum Gasteiger partial charge on any atom is -0.490 e. The second-order valence-corrected chi connectivity index (χ2v) is 5.50. The zero-order valence-corrected chi connectivity index (χ0v) is 12.0. The van der Waals surface area contributed by atoms with Crippen molar-refractivity contribution in [3.05, 3.63) is 28.3 Å². The van der Waals surface area contributed by atoms with E-state index in [0.717, 1.165) is 18.7 Å². The molecular weight excluding hydrogens is 276 g/mol. The quantitative estimate of drug-likeness (QED) is 0.676. The number of nitro groups is 1. The van der Waals surface area contributed by atoms with Crippen LogP contribution in [0.1, 0.15) is 19.8 Å². The topological polar surface area (TPSA) is 92.9 Å². The fourth-order valence-electron chi connectivity index (χ4n) is 2.65. The van der Waals surface area contributed by atoms with Gasteiger partial charge in [-0.2, -0.15) is 0 Å². The Kier molecular flexibility index (Phi) is 4.02. The van der Waals surface area contributed by atoms with E-state index in [4.69, 9.17) is 4.74 Å². The molecule has 0 saturated carbocycles. The van der Waals surface area contributed by atoms with Crippen LogP contribution in [0.2, 0.25) is 0 Å². The van der Waals surface area contributed by atoms with Gasteiger partial charge in [0.05, 0.1) is 17.4 Å². The molecule has 1 atom stereocenters. The molecule has 1 saturated heterocycles. The smallest absolute Gasteiger partial charge is 0.311 e. The van der Waals surface area contributed by atoms with E-state index in [1.54, 1.807) is 19.1 Å². The first kappa shape index (κ1) is 15.1. The van der Waals surface area contributed by atoms with Crippen molar-refractivity contribution < 1.29 is 19.6 Å². The highest BCUT2D eigenvalue weighted by molar-refractivity contribution is 5.75. The summed E-state index contributed by atoms with van der Waals surface area (Å²) in [5.74, 6) is -0.638. The second-order valence-electron chi connectivity index (χ2n) is 5.50. The molecule has 1 heterocycles. The van der Waals surface area contributed by atoms with Gasteiger partial charge < -0.3 is 14.7 Å². The van der Waals surface area contributed by atoms with Crippen LogP contribution in [0.4, 0.5) is 11.4 Å². The number of nitrogens with zero attached hydrogens (tertiary/aromatic N) is 2. The summed E-state index contributed by atoms with van der Waals surface area (Å²) in [5, 5.41) is 20.2. The van der Waals surface area contributed by atoms with Crippen LogP contribution in [-0.4, -0.2) is 36.2 Å². The Hall–Kier alpha value is -2.31. The van der Waals surface area contributed by atoms with E-state index >= 15 is 0 Å². The first-order valence-corrected chi connectivity index (χ1v) is 6.68. The molecule has 1 fully saturated rings. The van der Waals surface area contributed by atoms with Crippen LogP contribution in [0, 0.1) is 15.5 Å². The molecule has 0 bridgehead atoms. The van der Waals surface area contributed by atoms with E-state index in [0.29, 0.717) is 13.0 Å². The summed E-state index contributed by atoms with van der Waals surface area (Å²) < 4.78 is 5.05. The zero-order chi connectivity index (χ0) is 15.6. The molecule has 1 aliphatic rings. The number of carboxylic acid groups (broad SMARTS) is 1. The van der Waals surface area contributed by atoms with Crippen LogP contribution in [-0.2, 0) is 4.79 Å². The van der Waals surface area contributed by atoms with Gasteiger partial charge in [-0.05, 0) is 25.8 Å². The number of carbonyl (C=O) groups is 1. The summed E-state index contributed by atoms with van der Waals surface area (Å²) in [7, 11) is 1.38. The Bertz CT molecular complexity index is 574. The summed E-state index contributed by atoms with van der Waals surface area (Å²) in [5.41, 5.74) is -0.156. The molecule has 1 aliphatic heterocycles. The Morgan fingerprint density at radius 3 is 2.81 bits per heavy atom. The lowest BCUT2D eigenvalue weighted by Gasteiger charge is -2.38. The summed E-state index contributed by atoms with van der Waals surface area (Å²) in [6, 6.07) is 4.61. The molecular formula is C14H18N2O5. The molecule has 0 aliphatic carbocycles. The van der Waals surface area contributed by atoms with Gasteiger partial charge in [0.25, 0.3) is 0 Å². The summed E-state index contributed by atoms with van der Waals surface area (Å²) in [6.45, 7) is 2.83. The van der Waals surface area contributed by atoms with Crippen molar-refractivity contribution >= 4 is 17.3 Å². The zero-order valence-electron chi connectivity index (χ0n) is 12.0. The van der Waals surface area contributed by atoms with Gasteiger partial charge in [-0.15, -0.1) is 0 Å². The number of ether oxygens (including phenoxy) is 1. The lowest BCUT2D eigenvalue weighted by atomic mass is 9.82. The molecule has 1 N–H and O–H groups in total. The lowest BCUT2D eigenvalue weighted by molar-refractivity contribution is -0.385. The third-order valence-electron chi connectivity index (χ3n) is 3.94. The maximum absolute atomic E-state index is 11.4. The number of nitro benzene ring substituents is 1. The molecule has 2 rings (SSSR count). The largest absolute Gasteiger partial charge is 0.490 e. The normalized spacial score (nSPS) is 21.9. The van der Waals surface area contributed by atoms with Gasteiger partial charge in [0.1, 0.15) is 0 Å². The Balaban J connectivity index is 2.30. The third kappa shape index (κ3) is 2.91. The number of benzene rings is 1. The summed E-state index contributed by atoms with van der Waals surface area (Å²) in [4.78, 5) is 23.7. The van der Waals surface area contributed by atoms with Crippen molar-refractivity contribution in [1.29, 1.82) is 0 Å². The average molecular weight is 294 g/mol. The van der Waals surface area contributed by atoms with Crippen LogP contribution in [0.3, 0.4) is 0 Å². The first-order chi connectivity index (χ1) is 9.87.